The van der Waals surface area contributed by atoms with Crippen LogP contribution in [0, 0.1) is 0 Å². The summed E-state index contributed by atoms with van der Waals surface area (Å²) in [5.41, 5.74) is 0.931. The van der Waals surface area contributed by atoms with Gasteiger partial charge in [0, 0.05) is 0 Å². The van der Waals surface area contributed by atoms with Crippen LogP contribution in [0.2, 0.25) is 0 Å². The summed E-state index contributed by atoms with van der Waals surface area (Å²) in [6.45, 7) is -0.791. The van der Waals surface area contributed by atoms with Crippen LogP contribution in [0.1, 0.15) is 15.9 Å². The Kier molecular flexibility index (Phi) is 5.61. The summed E-state index contributed by atoms with van der Waals surface area (Å²) in [6, 6.07) is 16.8. The van der Waals surface area contributed by atoms with Crippen molar-refractivity contribution in [2.75, 3.05) is 6.61 Å². The second-order valence-corrected chi connectivity index (χ2v) is 5.87. The van der Waals surface area contributed by atoms with Crippen LogP contribution in [0.25, 0.3) is 0 Å². The van der Waals surface area contributed by atoms with E-state index >= 15 is 0 Å². The number of alkyl halides is 2. The molecule has 1 unspecified atom stereocenters. The highest BCUT2D eigenvalue weighted by Crippen LogP contribution is 2.38. The molecule has 0 aromatic heterocycles. The maximum Gasteiger partial charge on any atom is 0.338 e. The fourth-order valence-corrected chi connectivity index (χ4v) is 2.62. The Hall–Kier alpha value is -2.35. The van der Waals surface area contributed by atoms with Gasteiger partial charge < -0.3 is 19.3 Å². The number of ether oxygens (including phenoxy) is 3. The van der Waals surface area contributed by atoms with Crippen LogP contribution in [0.3, 0.4) is 0 Å². The van der Waals surface area contributed by atoms with Crippen LogP contribution in [-0.4, -0.2) is 42.1 Å². The first kappa shape index (κ1) is 18.4. The van der Waals surface area contributed by atoms with Gasteiger partial charge in [-0.25, -0.2) is 13.6 Å². The van der Waals surface area contributed by atoms with E-state index in [1.165, 1.54) is 12.1 Å². The van der Waals surface area contributed by atoms with Gasteiger partial charge in [0.05, 0.1) is 12.2 Å². The number of aliphatic hydroxyl groups excluding tert-OH is 1. The predicted molar refractivity (Wildman–Crippen MR) is 87.6 cm³/mol. The van der Waals surface area contributed by atoms with Crippen molar-refractivity contribution < 1.29 is 32.9 Å². The first-order chi connectivity index (χ1) is 12.5. The van der Waals surface area contributed by atoms with Crippen molar-refractivity contribution in [1.82, 2.24) is 0 Å². The number of benzene rings is 2. The van der Waals surface area contributed by atoms with Crippen molar-refractivity contribution in [2.24, 2.45) is 0 Å². The van der Waals surface area contributed by atoms with Gasteiger partial charge in [-0.1, -0.05) is 48.5 Å². The maximum absolute atomic E-state index is 14.5. The van der Waals surface area contributed by atoms with Gasteiger partial charge in [0.25, 0.3) is 0 Å². The molecule has 0 amide bonds. The summed E-state index contributed by atoms with van der Waals surface area (Å²) in [5, 5.41) is 9.79. The van der Waals surface area contributed by atoms with Crippen molar-refractivity contribution in [1.29, 1.82) is 0 Å². The van der Waals surface area contributed by atoms with Crippen LogP contribution in [0.15, 0.2) is 60.7 Å². The largest absolute Gasteiger partial charge is 0.459 e. The normalized spacial score (nSPS) is 24.3. The molecule has 1 aliphatic heterocycles. The zero-order chi connectivity index (χ0) is 18.6. The first-order valence-electron chi connectivity index (χ1n) is 8.07. The average molecular weight is 364 g/mol. The quantitative estimate of drug-likeness (QED) is 0.799. The van der Waals surface area contributed by atoms with E-state index < -0.39 is 37.0 Å². The molecule has 2 aromatic rings. The number of hydrogen-bond donors (Lipinski definition) is 1. The van der Waals surface area contributed by atoms with E-state index in [4.69, 9.17) is 14.2 Å². The molecule has 1 N–H and O–H groups in total. The lowest BCUT2D eigenvalue weighted by molar-refractivity contribution is -0.163. The molecule has 1 fully saturated rings. The molecular formula is C19H18F2O5. The van der Waals surface area contributed by atoms with Gasteiger partial charge >= 0.3 is 11.9 Å². The SMILES string of the molecule is O=C(OC[C@H]1OC(O)[C@@H](OCc2ccccc2)C1(F)F)c1ccccc1. The minimum Gasteiger partial charge on any atom is -0.459 e. The number of aliphatic hydroxyl groups is 1. The Morgan fingerprint density at radius 3 is 2.35 bits per heavy atom. The smallest absolute Gasteiger partial charge is 0.338 e. The Morgan fingerprint density at radius 2 is 1.69 bits per heavy atom. The average Bonchev–Trinajstić information content (AvgIpc) is 2.87. The number of carbonyl (C=O) groups is 1. The molecule has 0 saturated carbocycles. The molecule has 0 radical (unpaired) electrons. The van der Waals surface area contributed by atoms with Crippen LogP contribution in [-0.2, 0) is 20.8 Å². The van der Waals surface area contributed by atoms with E-state index in [2.05, 4.69) is 0 Å². The lowest BCUT2D eigenvalue weighted by atomic mass is 10.1. The topological polar surface area (TPSA) is 65.0 Å². The first-order valence-corrected chi connectivity index (χ1v) is 8.07. The third-order valence-electron chi connectivity index (χ3n) is 4.02. The number of esters is 1. The second-order valence-electron chi connectivity index (χ2n) is 5.87. The molecule has 3 rings (SSSR count). The Bertz CT molecular complexity index is 723. The lowest BCUT2D eigenvalue weighted by Crippen LogP contribution is -2.43. The van der Waals surface area contributed by atoms with Crippen molar-refractivity contribution in [3.8, 4) is 0 Å². The molecule has 1 saturated heterocycles. The van der Waals surface area contributed by atoms with Gasteiger partial charge in [0.15, 0.2) is 18.5 Å². The zero-order valence-corrected chi connectivity index (χ0v) is 13.8. The highest BCUT2D eigenvalue weighted by atomic mass is 19.3. The Labute approximate surface area is 149 Å². The van der Waals surface area contributed by atoms with E-state index in [1.807, 2.05) is 0 Å². The van der Waals surface area contributed by atoms with Gasteiger partial charge in [0.2, 0.25) is 0 Å². The van der Waals surface area contributed by atoms with Crippen LogP contribution in [0.5, 0.6) is 0 Å². The molecule has 3 atom stereocenters. The van der Waals surface area contributed by atoms with Crippen LogP contribution in [0.4, 0.5) is 8.78 Å². The number of rotatable bonds is 6. The molecule has 1 heterocycles. The molecule has 26 heavy (non-hydrogen) atoms. The number of halogens is 2. The summed E-state index contributed by atoms with van der Waals surface area (Å²) >= 11 is 0. The summed E-state index contributed by atoms with van der Waals surface area (Å²) in [7, 11) is 0. The Balaban J connectivity index is 1.58. The fraction of sp³-hybridized carbons (Fsp3) is 0.316. The van der Waals surface area contributed by atoms with E-state index in [1.54, 1.807) is 48.5 Å². The van der Waals surface area contributed by atoms with Crippen molar-refractivity contribution in [2.45, 2.75) is 31.0 Å². The molecular weight excluding hydrogens is 346 g/mol. The van der Waals surface area contributed by atoms with Gasteiger partial charge in [0.1, 0.15) is 6.61 Å². The van der Waals surface area contributed by atoms with Crippen LogP contribution < -0.4 is 0 Å². The van der Waals surface area contributed by atoms with Gasteiger partial charge in [-0.15, -0.1) is 0 Å². The highest BCUT2D eigenvalue weighted by molar-refractivity contribution is 5.89. The predicted octanol–water partition coefficient (Wildman–Crippen LogP) is 2.78. The third kappa shape index (κ3) is 4.07. The summed E-state index contributed by atoms with van der Waals surface area (Å²) < 4.78 is 43.9. The Morgan fingerprint density at radius 1 is 1.08 bits per heavy atom. The molecule has 1 aliphatic rings. The van der Waals surface area contributed by atoms with E-state index in [0.29, 0.717) is 5.56 Å². The highest BCUT2D eigenvalue weighted by Gasteiger charge is 2.60. The molecule has 0 bridgehead atoms. The number of hydrogen-bond acceptors (Lipinski definition) is 5. The molecule has 0 aliphatic carbocycles. The molecule has 5 nitrogen and oxygen atoms in total. The molecule has 0 spiro atoms. The zero-order valence-electron chi connectivity index (χ0n) is 13.8. The molecule has 138 valence electrons. The van der Waals surface area contributed by atoms with E-state index in [-0.39, 0.29) is 12.2 Å². The number of carbonyl (C=O) groups excluding carboxylic acids is 1. The van der Waals surface area contributed by atoms with Crippen LogP contribution >= 0.6 is 0 Å². The van der Waals surface area contributed by atoms with Crippen molar-refractivity contribution in [3.63, 3.8) is 0 Å². The van der Waals surface area contributed by atoms with E-state index in [0.717, 1.165) is 0 Å². The van der Waals surface area contributed by atoms with Crippen molar-refractivity contribution in [3.05, 3.63) is 71.8 Å². The summed E-state index contributed by atoms with van der Waals surface area (Å²) in [6.07, 6.45) is -5.44. The minimum atomic E-state index is -3.51. The third-order valence-corrected chi connectivity index (χ3v) is 4.02. The summed E-state index contributed by atoms with van der Waals surface area (Å²) in [5.74, 6) is -4.25. The molecule has 2 aromatic carbocycles. The minimum absolute atomic E-state index is 0.0992. The summed E-state index contributed by atoms with van der Waals surface area (Å²) in [4.78, 5) is 11.9. The lowest BCUT2D eigenvalue weighted by Gasteiger charge is -2.22. The standard InChI is InChI=1S/C19H18F2O5/c20-19(21)15(12-25-17(22)14-9-5-2-6-10-14)26-18(23)16(19)24-11-13-7-3-1-4-8-13/h1-10,15-16,18,23H,11-12H2/t15-,16-,18?/m1/s1. The van der Waals surface area contributed by atoms with E-state index in [9.17, 15) is 18.7 Å². The fourth-order valence-electron chi connectivity index (χ4n) is 2.62. The van der Waals surface area contributed by atoms with Crippen molar-refractivity contribution >= 4 is 5.97 Å². The monoisotopic (exact) mass is 364 g/mol. The van der Waals surface area contributed by atoms with Gasteiger partial charge in [-0.2, -0.15) is 0 Å². The maximum atomic E-state index is 14.5. The van der Waals surface area contributed by atoms with Gasteiger partial charge in [-0.3, -0.25) is 0 Å². The molecule has 7 heteroatoms. The van der Waals surface area contributed by atoms with Gasteiger partial charge in [-0.05, 0) is 17.7 Å². The second kappa shape index (κ2) is 7.90.